The summed E-state index contributed by atoms with van der Waals surface area (Å²) < 4.78 is 4.91. The van der Waals surface area contributed by atoms with Crippen LogP contribution in [0.4, 0.5) is 0 Å². The van der Waals surface area contributed by atoms with E-state index in [9.17, 15) is 14.8 Å². The summed E-state index contributed by atoms with van der Waals surface area (Å²) in [5.41, 5.74) is -0.687. The Kier molecular flexibility index (Phi) is 6.74. The van der Waals surface area contributed by atoms with Crippen molar-refractivity contribution in [2.75, 3.05) is 13.6 Å². The lowest BCUT2D eigenvalue weighted by molar-refractivity contribution is -0.707. The molecule has 0 fully saturated rings. The number of nitrogens with zero attached hydrogens (tertiary/aromatic N) is 3. The minimum atomic E-state index is -1.03. The Hall–Kier alpha value is -2.06. The molecule has 1 atom stereocenters. The molecule has 0 saturated heterocycles. The second-order valence-corrected chi connectivity index (χ2v) is 5.19. The monoisotopic (exact) mass is 291 g/mol. The molecule has 20 heavy (non-hydrogen) atoms. The Balaban J connectivity index is 4.26. The van der Waals surface area contributed by atoms with Crippen molar-refractivity contribution in [1.29, 1.82) is 0 Å². The molecule has 0 aliphatic rings. The Morgan fingerprint density at radius 3 is 2.45 bits per heavy atom. The summed E-state index contributed by atoms with van der Waals surface area (Å²) in [7, 11) is 1.36. The molecule has 0 bridgehead atoms. The molecule has 0 aromatic carbocycles. The van der Waals surface area contributed by atoms with E-state index in [0.717, 1.165) is 5.01 Å². The highest BCUT2D eigenvalue weighted by Gasteiger charge is 2.25. The molecule has 0 saturated carbocycles. The maximum Gasteiger partial charge on any atom is 0.314 e. The predicted octanol–water partition coefficient (Wildman–Crippen LogP) is 1.14. The molecular formula is C11H21N3O6. The van der Waals surface area contributed by atoms with Gasteiger partial charge in [0.05, 0.1) is 30.4 Å². The predicted molar refractivity (Wildman–Crippen MR) is 67.0 cm³/mol. The number of rotatable bonds is 7. The molecule has 1 unspecified atom stereocenters. The van der Waals surface area contributed by atoms with E-state index in [1.165, 1.54) is 14.0 Å². The van der Waals surface area contributed by atoms with Crippen LogP contribution in [0, 0.1) is 10.6 Å². The fourth-order valence-electron chi connectivity index (χ4n) is 0.861. The smallest absolute Gasteiger partial charge is 0.314 e. The zero-order chi connectivity index (χ0) is 15.9. The molecule has 0 spiro atoms. The number of hydrazine groups is 1. The third-order valence-corrected chi connectivity index (χ3v) is 2.09. The van der Waals surface area contributed by atoms with Gasteiger partial charge in [0.1, 0.15) is 0 Å². The number of esters is 1. The van der Waals surface area contributed by atoms with E-state index in [0.29, 0.717) is 0 Å². The van der Waals surface area contributed by atoms with Crippen LogP contribution in [0.2, 0.25) is 0 Å². The first-order chi connectivity index (χ1) is 9.04. The quantitative estimate of drug-likeness (QED) is 0.246. The van der Waals surface area contributed by atoms with Crippen molar-refractivity contribution >= 4 is 11.9 Å². The first kappa shape index (κ1) is 17.9. The van der Waals surface area contributed by atoms with Crippen molar-refractivity contribution in [2.45, 2.75) is 40.4 Å². The highest BCUT2D eigenvalue weighted by molar-refractivity contribution is 5.75. The molecule has 9 heteroatoms. The van der Waals surface area contributed by atoms with E-state index in [1.807, 2.05) is 0 Å². The van der Waals surface area contributed by atoms with Crippen LogP contribution < -0.4 is 0 Å². The molecule has 0 rings (SSSR count). The maximum atomic E-state index is 11.5. The first-order valence-corrected chi connectivity index (χ1v) is 6.02. The zero-order valence-corrected chi connectivity index (χ0v) is 12.3. The average molecular weight is 291 g/mol. The number of hydrogen-bond donors (Lipinski definition) is 1. The van der Waals surface area contributed by atoms with Crippen LogP contribution in [0.5, 0.6) is 0 Å². The molecule has 0 aliphatic heterocycles. The fourth-order valence-corrected chi connectivity index (χ4v) is 0.861. The minimum absolute atomic E-state index is 0.0259. The van der Waals surface area contributed by atoms with Gasteiger partial charge in [0.15, 0.2) is 0 Å². The summed E-state index contributed by atoms with van der Waals surface area (Å²) >= 11 is 0. The number of hydrogen-bond acceptors (Lipinski definition) is 6. The van der Waals surface area contributed by atoms with E-state index in [1.54, 1.807) is 20.8 Å². The van der Waals surface area contributed by atoms with E-state index in [4.69, 9.17) is 14.7 Å². The number of carboxylic acid groups (broad SMARTS) is 1. The van der Waals surface area contributed by atoms with Crippen LogP contribution in [-0.2, 0) is 19.2 Å². The van der Waals surface area contributed by atoms with Gasteiger partial charge in [-0.2, -0.15) is 0 Å². The lowest BCUT2D eigenvalue weighted by Crippen LogP contribution is -2.30. The van der Waals surface area contributed by atoms with Crippen LogP contribution in [0.1, 0.15) is 34.1 Å². The van der Waals surface area contributed by atoms with Gasteiger partial charge < -0.3 is 15.1 Å². The maximum absolute atomic E-state index is 11.5. The molecule has 116 valence electrons. The van der Waals surface area contributed by atoms with Gasteiger partial charge in [-0.15, -0.1) is 5.01 Å². The summed E-state index contributed by atoms with van der Waals surface area (Å²) in [6, 6.07) is 0. The van der Waals surface area contributed by atoms with E-state index >= 15 is 0 Å². The van der Waals surface area contributed by atoms with Gasteiger partial charge in [0, 0.05) is 6.92 Å². The van der Waals surface area contributed by atoms with Crippen LogP contribution in [0.3, 0.4) is 0 Å². The van der Waals surface area contributed by atoms with E-state index < -0.39 is 23.6 Å². The number of carboxylic acids is 1. The largest absolute Gasteiger partial charge is 0.569 e. The minimum Gasteiger partial charge on any atom is -0.569 e. The van der Waals surface area contributed by atoms with E-state index in [2.05, 4.69) is 5.28 Å². The topological polar surface area (TPSA) is 114 Å². The lowest BCUT2D eigenvalue weighted by Gasteiger charge is -2.19. The Bertz CT molecular complexity index is 377. The molecule has 0 aromatic heterocycles. The number of carbonyl (C=O) groups excluding carboxylic acids is 1. The second kappa shape index (κ2) is 7.51. The summed E-state index contributed by atoms with van der Waals surface area (Å²) in [4.78, 5) is 26.7. The average Bonchev–Trinajstić information content (AvgIpc) is 2.31. The van der Waals surface area contributed by atoms with Gasteiger partial charge in [-0.3, -0.25) is 14.4 Å². The molecule has 9 nitrogen and oxygen atoms in total. The van der Waals surface area contributed by atoms with Crippen LogP contribution in [0.25, 0.3) is 0 Å². The highest BCUT2D eigenvalue weighted by Crippen LogP contribution is 2.16. The SMILES string of the molecule is CC(ON=[N+]([O-])N(C)CCC(=O)O)OC(=O)C(C)(C)C. The molecular weight excluding hydrogens is 270 g/mol. The van der Waals surface area contributed by atoms with Gasteiger partial charge in [-0.05, 0) is 20.8 Å². The van der Waals surface area contributed by atoms with Crippen LogP contribution in [0.15, 0.2) is 5.28 Å². The van der Waals surface area contributed by atoms with Crippen molar-refractivity contribution in [3.05, 3.63) is 5.21 Å². The lowest BCUT2D eigenvalue weighted by atomic mass is 9.97. The van der Waals surface area contributed by atoms with Gasteiger partial charge in [-0.1, -0.05) is 0 Å². The molecule has 0 aliphatic carbocycles. The van der Waals surface area contributed by atoms with Crippen LogP contribution >= 0.6 is 0 Å². The van der Waals surface area contributed by atoms with Gasteiger partial charge in [-0.25, -0.2) is 0 Å². The Morgan fingerprint density at radius 2 is 2.00 bits per heavy atom. The van der Waals surface area contributed by atoms with Crippen molar-refractivity contribution in [2.24, 2.45) is 10.7 Å². The molecule has 0 amide bonds. The van der Waals surface area contributed by atoms with Gasteiger partial charge in [0.2, 0.25) is 5.28 Å². The summed E-state index contributed by atoms with van der Waals surface area (Å²) in [5, 5.41) is 24.0. The Labute approximate surface area is 117 Å². The third kappa shape index (κ3) is 7.39. The van der Waals surface area contributed by atoms with Crippen molar-refractivity contribution in [3.8, 4) is 0 Å². The van der Waals surface area contributed by atoms with Gasteiger partial charge in [0.25, 0.3) is 6.29 Å². The standard InChI is InChI=1S/C11H21N3O6/c1-8(19-10(17)11(2,3)4)20-12-14(18)13(5)7-6-9(15)16/h8H,6-7H2,1-5H3,(H,15,16). The van der Waals surface area contributed by atoms with Crippen molar-refractivity contribution in [1.82, 2.24) is 5.01 Å². The number of ether oxygens (including phenoxy) is 1. The molecule has 0 aromatic rings. The Morgan fingerprint density at radius 1 is 1.45 bits per heavy atom. The second-order valence-electron chi connectivity index (χ2n) is 5.19. The van der Waals surface area contributed by atoms with Gasteiger partial charge >= 0.3 is 11.9 Å². The molecule has 0 radical (unpaired) electrons. The van der Waals surface area contributed by atoms with E-state index in [-0.39, 0.29) is 17.9 Å². The molecule has 0 heterocycles. The zero-order valence-electron chi connectivity index (χ0n) is 12.3. The molecule has 1 N–H and O–H groups in total. The number of aliphatic carboxylic acids is 1. The fraction of sp³-hybridized carbons (Fsp3) is 0.818. The highest BCUT2D eigenvalue weighted by atomic mass is 16.8. The number of carbonyl (C=O) groups is 2. The van der Waals surface area contributed by atoms with Crippen molar-refractivity contribution in [3.63, 3.8) is 0 Å². The summed E-state index contributed by atoms with van der Waals surface area (Å²) in [5.74, 6) is -1.52. The summed E-state index contributed by atoms with van der Waals surface area (Å²) in [6.07, 6.45) is -1.23. The third-order valence-electron chi connectivity index (χ3n) is 2.09. The summed E-state index contributed by atoms with van der Waals surface area (Å²) in [6.45, 7) is 6.43. The van der Waals surface area contributed by atoms with Crippen LogP contribution in [-0.4, -0.2) is 46.9 Å². The normalized spacial score (nSPS) is 13.6. The van der Waals surface area contributed by atoms with Crippen molar-refractivity contribution < 1.29 is 29.2 Å². The first-order valence-electron chi connectivity index (χ1n) is 6.02.